The first-order valence-corrected chi connectivity index (χ1v) is 6.54. The molecule has 0 spiro atoms. The highest BCUT2D eigenvalue weighted by atomic mass is 19.1. The molecular formula is C17H17FO3. The highest BCUT2D eigenvalue weighted by Crippen LogP contribution is 2.29. The minimum absolute atomic E-state index is 0.257. The Bertz CT molecular complexity index is 665. The van der Waals surface area contributed by atoms with Crippen molar-refractivity contribution in [3.8, 4) is 11.1 Å². The van der Waals surface area contributed by atoms with E-state index in [0.29, 0.717) is 17.7 Å². The van der Waals surface area contributed by atoms with Crippen LogP contribution in [0.3, 0.4) is 0 Å². The van der Waals surface area contributed by atoms with Crippen molar-refractivity contribution < 1.29 is 18.7 Å². The van der Waals surface area contributed by atoms with E-state index in [4.69, 9.17) is 9.47 Å². The SMILES string of the molecule is COCc1cc(C(=O)OC)ccc1-c1cccc(F)c1C. The summed E-state index contributed by atoms with van der Waals surface area (Å²) in [6.45, 7) is 2.06. The summed E-state index contributed by atoms with van der Waals surface area (Å²) >= 11 is 0. The van der Waals surface area contributed by atoms with Crippen LogP contribution in [0, 0.1) is 12.7 Å². The number of esters is 1. The quantitative estimate of drug-likeness (QED) is 0.804. The number of halogens is 1. The van der Waals surface area contributed by atoms with Crippen molar-refractivity contribution in [3.63, 3.8) is 0 Å². The number of methoxy groups -OCH3 is 2. The van der Waals surface area contributed by atoms with Crippen LogP contribution in [0.2, 0.25) is 0 Å². The number of benzene rings is 2. The number of hydrogen-bond acceptors (Lipinski definition) is 3. The predicted octanol–water partition coefficient (Wildman–Crippen LogP) is 3.73. The van der Waals surface area contributed by atoms with E-state index in [1.54, 1.807) is 38.3 Å². The Morgan fingerprint density at radius 3 is 2.57 bits per heavy atom. The van der Waals surface area contributed by atoms with E-state index in [1.807, 2.05) is 6.07 Å². The lowest BCUT2D eigenvalue weighted by atomic mass is 9.94. The molecule has 110 valence electrons. The fourth-order valence-electron chi connectivity index (χ4n) is 2.28. The van der Waals surface area contributed by atoms with Gasteiger partial charge in [0.05, 0.1) is 19.3 Å². The minimum atomic E-state index is -0.408. The van der Waals surface area contributed by atoms with Gasteiger partial charge in [-0.3, -0.25) is 0 Å². The Morgan fingerprint density at radius 2 is 1.90 bits per heavy atom. The number of carbonyl (C=O) groups is 1. The molecule has 0 aliphatic rings. The van der Waals surface area contributed by atoms with Gasteiger partial charge in [-0.1, -0.05) is 18.2 Å². The van der Waals surface area contributed by atoms with Crippen molar-refractivity contribution in [2.45, 2.75) is 13.5 Å². The fourth-order valence-corrected chi connectivity index (χ4v) is 2.28. The van der Waals surface area contributed by atoms with Gasteiger partial charge in [-0.25, -0.2) is 9.18 Å². The first-order chi connectivity index (χ1) is 10.1. The van der Waals surface area contributed by atoms with Crippen LogP contribution in [0.1, 0.15) is 21.5 Å². The van der Waals surface area contributed by atoms with Crippen LogP contribution < -0.4 is 0 Å². The molecule has 0 bridgehead atoms. The molecule has 0 heterocycles. The average molecular weight is 288 g/mol. The van der Waals surface area contributed by atoms with Crippen molar-refractivity contribution in [1.82, 2.24) is 0 Å². The molecule has 21 heavy (non-hydrogen) atoms. The summed E-state index contributed by atoms with van der Waals surface area (Å²) in [5, 5.41) is 0. The van der Waals surface area contributed by atoms with Gasteiger partial charge in [0.25, 0.3) is 0 Å². The molecule has 0 atom stereocenters. The molecule has 3 nitrogen and oxygen atoms in total. The van der Waals surface area contributed by atoms with Gasteiger partial charge in [0.15, 0.2) is 0 Å². The number of hydrogen-bond donors (Lipinski definition) is 0. The Labute approximate surface area is 123 Å². The Hall–Kier alpha value is -2.20. The van der Waals surface area contributed by atoms with E-state index < -0.39 is 5.97 Å². The summed E-state index contributed by atoms with van der Waals surface area (Å²) in [5.41, 5.74) is 3.47. The molecule has 0 amide bonds. The van der Waals surface area contributed by atoms with Gasteiger partial charge in [-0.15, -0.1) is 0 Å². The monoisotopic (exact) mass is 288 g/mol. The molecule has 0 saturated carbocycles. The van der Waals surface area contributed by atoms with Crippen molar-refractivity contribution in [1.29, 1.82) is 0 Å². The fraction of sp³-hybridized carbons (Fsp3) is 0.235. The van der Waals surface area contributed by atoms with E-state index in [0.717, 1.165) is 16.7 Å². The maximum atomic E-state index is 13.7. The van der Waals surface area contributed by atoms with Crippen LogP contribution in [-0.4, -0.2) is 20.2 Å². The third kappa shape index (κ3) is 3.11. The zero-order valence-electron chi connectivity index (χ0n) is 12.3. The molecule has 0 aliphatic carbocycles. The van der Waals surface area contributed by atoms with Gasteiger partial charge in [0.2, 0.25) is 0 Å². The highest BCUT2D eigenvalue weighted by Gasteiger charge is 2.13. The topological polar surface area (TPSA) is 35.5 Å². The van der Waals surface area contributed by atoms with Gasteiger partial charge < -0.3 is 9.47 Å². The molecule has 0 unspecified atom stereocenters. The summed E-state index contributed by atoms with van der Waals surface area (Å²) in [7, 11) is 2.91. The molecule has 2 aromatic carbocycles. The second-order valence-electron chi connectivity index (χ2n) is 4.71. The van der Waals surface area contributed by atoms with Crippen molar-refractivity contribution in [3.05, 3.63) is 58.9 Å². The second-order valence-corrected chi connectivity index (χ2v) is 4.71. The normalized spacial score (nSPS) is 10.5. The second kappa shape index (κ2) is 6.50. The molecule has 0 N–H and O–H groups in total. The largest absolute Gasteiger partial charge is 0.465 e. The number of ether oxygens (including phenoxy) is 2. The van der Waals surface area contributed by atoms with E-state index in [2.05, 4.69) is 0 Å². The van der Waals surface area contributed by atoms with E-state index in [-0.39, 0.29) is 5.82 Å². The van der Waals surface area contributed by atoms with Crippen LogP contribution in [0.15, 0.2) is 36.4 Å². The molecular weight excluding hydrogens is 271 g/mol. The summed E-state index contributed by atoms with van der Waals surface area (Å²) in [4.78, 5) is 11.6. The standard InChI is InChI=1S/C17H17FO3/c1-11-14(5-4-6-16(11)18)15-8-7-12(17(19)21-3)9-13(15)10-20-2/h4-9H,10H2,1-3H3. The molecule has 0 aliphatic heterocycles. The smallest absolute Gasteiger partial charge is 0.337 e. The molecule has 2 aromatic rings. The van der Waals surface area contributed by atoms with Gasteiger partial charge in [-0.05, 0) is 47.4 Å². The Balaban J connectivity index is 2.57. The maximum Gasteiger partial charge on any atom is 0.337 e. The lowest BCUT2D eigenvalue weighted by Gasteiger charge is -2.13. The molecule has 4 heteroatoms. The summed E-state index contributed by atoms with van der Waals surface area (Å²) < 4.78 is 23.6. The van der Waals surface area contributed by atoms with Gasteiger partial charge in [0, 0.05) is 7.11 Å². The van der Waals surface area contributed by atoms with Crippen LogP contribution in [0.25, 0.3) is 11.1 Å². The lowest BCUT2D eigenvalue weighted by molar-refractivity contribution is 0.0600. The lowest BCUT2D eigenvalue weighted by Crippen LogP contribution is -2.04. The molecule has 2 rings (SSSR count). The van der Waals surface area contributed by atoms with Crippen LogP contribution in [0.5, 0.6) is 0 Å². The van der Waals surface area contributed by atoms with E-state index in [9.17, 15) is 9.18 Å². The van der Waals surface area contributed by atoms with Crippen LogP contribution >= 0.6 is 0 Å². The van der Waals surface area contributed by atoms with E-state index >= 15 is 0 Å². The Morgan fingerprint density at radius 1 is 1.14 bits per heavy atom. The predicted molar refractivity (Wildman–Crippen MR) is 78.6 cm³/mol. The van der Waals surface area contributed by atoms with Gasteiger partial charge in [0.1, 0.15) is 5.82 Å². The summed E-state index contributed by atoms with van der Waals surface area (Å²) in [6, 6.07) is 10.1. The van der Waals surface area contributed by atoms with Crippen molar-refractivity contribution in [2.24, 2.45) is 0 Å². The van der Waals surface area contributed by atoms with Crippen molar-refractivity contribution in [2.75, 3.05) is 14.2 Å². The minimum Gasteiger partial charge on any atom is -0.465 e. The zero-order chi connectivity index (χ0) is 15.4. The molecule has 0 radical (unpaired) electrons. The van der Waals surface area contributed by atoms with Gasteiger partial charge >= 0.3 is 5.97 Å². The third-order valence-corrected chi connectivity index (χ3v) is 3.38. The first kappa shape index (κ1) is 15.2. The molecule has 0 aromatic heterocycles. The summed E-state index contributed by atoms with van der Waals surface area (Å²) in [5.74, 6) is -0.664. The van der Waals surface area contributed by atoms with Crippen LogP contribution in [0.4, 0.5) is 4.39 Å². The molecule has 0 fully saturated rings. The molecule has 0 saturated heterocycles. The maximum absolute atomic E-state index is 13.7. The van der Waals surface area contributed by atoms with E-state index in [1.165, 1.54) is 13.2 Å². The number of carbonyl (C=O) groups excluding carboxylic acids is 1. The highest BCUT2D eigenvalue weighted by molar-refractivity contribution is 5.90. The zero-order valence-corrected chi connectivity index (χ0v) is 12.3. The summed E-state index contributed by atoms with van der Waals surface area (Å²) in [6.07, 6.45) is 0. The average Bonchev–Trinajstić information content (AvgIpc) is 2.50. The third-order valence-electron chi connectivity index (χ3n) is 3.38. The van der Waals surface area contributed by atoms with Gasteiger partial charge in [-0.2, -0.15) is 0 Å². The Kier molecular flexibility index (Phi) is 4.70. The number of rotatable bonds is 4. The first-order valence-electron chi connectivity index (χ1n) is 6.54. The van der Waals surface area contributed by atoms with Crippen LogP contribution in [-0.2, 0) is 16.1 Å². The van der Waals surface area contributed by atoms with Crippen molar-refractivity contribution >= 4 is 5.97 Å².